The Hall–Kier alpha value is -6.52. The molecule has 0 spiro atoms. The Morgan fingerprint density at radius 2 is 0.500 bits per heavy atom. The molecule has 0 bridgehead atoms. The summed E-state index contributed by atoms with van der Waals surface area (Å²) >= 11 is 0. The van der Waals surface area contributed by atoms with Crippen LogP contribution in [0.15, 0.2) is 278 Å². The molecule has 0 heterocycles. The molecule has 372 valence electrons. The van der Waals surface area contributed by atoms with Gasteiger partial charge in [0.2, 0.25) is 0 Å². The third-order valence-corrected chi connectivity index (χ3v) is 18.9. The van der Waals surface area contributed by atoms with Gasteiger partial charge < -0.3 is 37.2 Å². The standard InChI is InChI=1S/C71H59Si.3ClH.Ti/c1-8-23-54(24-9-1)39-60-45-61(40-55-25-10-2-11-26-55)49-67(48-60)72(71-38-22-37-70(71)66-35-20-7-21-36-66,68-50-62(41-56-27-12-3-13-28-56)46-63(51-68)42-57-29-14-4-15-30-57)69-52-64(43-58-31-16-5-17-32-58)47-65(53-69)44-59-33-18-6-19-34-59;;;;/h1-21,23-37,45-53H,22,39-44H2;3*1H;/q-1;;;;+4/p-3. The zero-order valence-corrected chi connectivity index (χ0v) is 47.4. The van der Waals surface area contributed by atoms with Gasteiger partial charge in [0.15, 0.2) is 0 Å². The fourth-order valence-electron chi connectivity index (χ4n) is 11.1. The van der Waals surface area contributed by atoms with E-state index in [2.05, 4.69) is 279 Å². The molecular weight excluding hydrogens is 1040 g/mol. The van der Waals surface area contributed by atoms with Crippen LogP contribution in [-0.4, -0.2) is 8.07 Å². The normalized spacial score (nSPS) is 11.7. The van der Waals surface area contributed by atoms with Gasteiger partial charge in [-0.25, -0.2) is 5.20 Å². The molecule has 0 nitrogen and oxygen atoms in total. The van der Waals surface area contributed by atoms with Crippen molar-refractivity contribution in [3.63, 3.8) is 0 Å². The van der Waals surface area contributed by atoms with E-state index in [0.29, 0.717) is 0 Å². The van der Waals surface area contributed by atoms with E-state index in [1.807, 2.05) is 0 Å². The maximum Gasteiger partial charge on any atom is 4.00 e. The Bertz CT molecular complexity index is 2970. The third-order valence-electron chi connectivity index (χ3n) is 14.3. The van der Waals surface area contributed by atoms with E-state index in [4.69, 9.17) is 0 Å². The zero-order chi connectivity index (χ0) is 48.4. The smallest absolute Gasteiger partial charge is 1.00 e. The maximum atomic E-state index is 4.24. The Balaban J connectivity index is 0.00000210. The first-order chi connectivity index (χ1) is 35.6. The van der Waals surface area contributed by atoms with Crippen LogP contribution >= 0.6 is 0 Å². The molecule has 0 aliphatic heterocycles. The van der Waals surface area contributed by atoms with Crippen molar-refractivity contribution in [2.24, 2.45) is 0 Å². The summed E-state index contributed by atoms with van der Waals surface area (Å²) in [6, 6.07) is 101. The molecule has 10 aromatic rings. The number of hydrogen-bond donors (Lipinski definition) is 0. The number of hydrogen-bond acceptors (Lipinski definition) is 0. The zero-order valence-electron chi connectivity index (χ0n) is 42.6. The van der Waals surface area contributed by atoms with Gasteiger partial charge in [-0.2, -0.15) is 11.6 Å². The second-order valence-electron chi connectivity index (χ2n) is 19.6. The number of benzene rings is 10. The monoisotopic (exact) mass is 1090 g/mol. The average molecular weight is 1090 g/mol. The Kier molecular flexibility index (Phi) is 20.7. The van der Waals surface area contributed by atoms with Gasteiger partial charge >= 0.3 is 21.7 Å². The molecule has 0 amide bonds. The summed E-state index contributed by atoms with van der Waals surface area (Å²) in [4.78, 5) is 0. The van der Waals surface area contributed by atoms with E-state index in [9.17, 15) is 0 Å². The Morgan fingerprint density at radius 1 is 0.276 bits per heavy atom. The molecule has 1 aliphatic carbocycles. The van der Waals surface area contributed by atoms with Crippen molar-refractivity contribution in [2.75, 3.05) is 0 Å². The number of halogens is 3. The summed E-state index contributed by atoms with van der Waals surface area (Å²) in [7, 11) is -3.39. The average Bonchev–Trinajstić information content (AvgIpc) is 3.91. The molecule has 10 aromatic carbocycles. The summed E-state index contributed by atoms with van der Waals surface area (Å²) in [6.07, 6.45) is 12.5. The van der Waals surface area contributed by atoms with Crippen molar-refractivity contribution in [1.29, 1.82) is 0 Å². The second kappa shape index (κ2) is 27.5. The fourth-order valence-corrected chi connectivity index (χ4v) is 16.4. The van der Waals surface area contributed by atoms with Crippen LogP contribution in [0, 0.1) is 6.08 Å². The summed E-state index contributed by atoms with van der Waals surface area (Å²) in [6.45, 7) is 0. The second-order valence-corrected chi connectivity index (χ2v) is 23.3. The van der Waals surface area contributed by atoms with E-state index in [1.54, 1.807) is 0 Å². The van der Waals surface area contributed by atoms with Crippen molar-refractivity contribution < 1.29 is 58.9 Å². The minimum Gasteiger partial charge on any atom is -1.00 e. The number of allylic oxidation sites excluding steroid dienone is 4. The van der Waals surface area contributed by atoms with E-state index >= 15 is 0 Å². The van der Waals surface area contributed by atoms with Crippen molar-refractivity contribution in [1.82, 2.24) is 0 Å². The van der Waals surface area contributed by atoms with Crippen LogP contribution in [0.3, 0.4) is 0 Å². The van der Waals surface area contributed by atoms with Gasteiger partial charge in [-0.3, -0.25) is 6.08 Å². The molecule has 11 rings (SSSR count). The van der Waals surface area contributed by atoms with Crippen molar-refractivity contribution >= 4 is 29.2 Å². The molecule has 1 aliphatic rings. The first-order valence-corrected chi connectivity index (χ1v) is 27.6. The Morgan fingerprint density at radius 3 is 0.737 bits per heavy atom. The van der Waals surface area contributed by atoms with Gasteiger partial charge in [-0.05, 0) is 121 Å². The van der Waals surface area contributed by atoms with Crippen LogP contribution in [0.2, 0.25) is 0 Å². The largest absolute Gasteiger partial charge is 4.00 e. The molecule has 0 fully saturated rings. The SMILES string of the molecule is [C-]1=C([Si](c2cc(Cc3ccccc3)cc(Cc3ccccc3)c2)(c2cc(Cc3ccccc3)cc(Cc3ccccc3)c2)c2cc(Cc3ccccc3)cc(Cc3ccccc3)c2)C(c2ccccc2)=CC1.[Cl-].[Cl-].[Cl-].[Ti+4]. The quantitative estimate of drug-likeness (QED) is 0.0646. The van der Waals surface area contributed by atoms with E-state index < -0.39 is 8.07 Å². The minimum atomic E-state index is -3.39. The van der Waals surface area contributed by atoms with Crippen LogP contribution in [0.5, 0.6) is 0 Å². The molecule has 0 N–H and O–H groups in total. The molecule has 5 heteroatoms. The van der Waals surface area contributed by atoms with Crippen molar-refractivity contribution in [3.8, 4) is 0 Å². The first kappa shape index (κ1) is 57.2. The fraction of sp³-hybridized carbons (Fsp3) is 0.0986. The molecule has 0 radical (unpaired) electrons. The van der Waals surface area contributed by atoms with Gasteiger partial charge in [0, 0.05) is 0 Å². The van der Waals surface area contributed by atoms with Crippen molar-refractivity contribution in [3.05, 3.63) is 357 Å². The van der Waals surface area contributed by atoms with Crippen LogP contribution in [-0.2, 0) is 60.2 Å². The molecule has 0 atom stereocenters. The third kappa shape index (κ3) is 13.7. The molecule has 0 saturated heterocycles. The summed E-state index contributed by atoms with van der Waals surface area (Å²) in [5.41, 5.74) is 18.4. The Labute approximate surface area is 485 Å². The number of rotatable bonds is 17. The summed E-state index contributed by atoms with van der Waals surface area (Å²) in [5, 5.41) is 5.55. The summed E-state index contributed by atoms with van der Waals surface area (Å²) in [5.74, 6) is 0. The molecule has 0 aromatic heterocycles. The van der Waals surface area contributed by atoms with Crippen LogP contribution in [0.4, 0.5) is 0 Å². The predicted molar refractivity (Wildman–Crippen MR) is 305 cm³/mol. The minimum absolute atomic E-state index is 0. The summed E-state index contributed by atoms with van der Waals surface area (Å²) < 4.78 is 0. The topological polar surface area (TPSA) is 0 Å². The molecule has 0 saturated carbocycles. The predicted octanol–water partition coefficient (Wildman–Crippen LogP) is 5.47. The molecular formula is C71H59Cl3SiTi. The van der Waals surface area contributed by atoms with Gasteiger partial charge in [0.25, 0.3) is 0 Å². The van der Waals surface area contributed by atoms with Crippen LogP contribution in [0.25, 0.3) is 5.57 Å². The van der Waals surface area contributed by atoms with Crippen molar-refractivity contribution in [2.45, 2.75) is 44.9 Å². The van der Waals surface area contributed by atoms with Gasteiger partial charge in [-0.15, -0.1) is 12.0 Å². The molecule has 76 heavy (non-hydrogen) atoms. The van der Waals surface area contributed by atoms with Gasteiger partial charge in [0.1, 0.15) is 8.07 Å². The van der Waals surface area contributed by atoms with E-state index in [-0.39, 0.29) is 58.9 Å². The van der Waals surface area contributed by atoms with Gasteiger partial charge in [-0.1, -0.05) is 267 Å². The van der Waals surface area contributed by atoms with Crippen LogP contribution in [0.1, 0.15) is 78.7 Å². The maximum absolute atomic E-state index is 4.24. The van der Waals surface area contributed by atoms with Gasteiger partial charge in [0.05, 0.1) is 0 Å². The molecule has 0 unspecified atom stereocenters. The van der Waals surface area contributed by atoms with E-state index in [1.165, 1.54) is 98.7 Å². The van der Waals surface area contributed by atoms with E-state index in [0.717, 1.165) is 44.9 Å². The van der Waals surface area contributed by atoms with Crippen LogP contribution < -0.4 is 52.8 Å². The first-order valence-electron chi connectivity index (χ1n) is 25.6.